The topological polar surface area (TPSA) is 6.48 Å². The molecule has 4 aromatic rings. The molecule has 0 radical (unpaired) electrons. The van der Waals surface area contributed by atoms with Crippen LogP contribution in [0.4, 0.5) is 11.4 Å². The van der Waals surface area contributed by atoms with Crippen LogP contribution in [0.5, 0.6) is 0 Å². The molecule has 1 unspecified atom stereocenters. The normalized spacial score (nSPS) is 18.4. The van der Waals surface area contributed by atoms with E-state index in [1.54, 1.807) is 0 Å². The Labute approximate surface area is 358 Å². The summed E-state index contributed by atoms with van der Waals surface area (Å²) >= 11 is 0. The van der Waals surface area contributed by atoms with E-state index in [-0.39, 0.29) is 6.04 Å². The summed E-state index contributed by atoms with van der Waals surface area (Å²) in [5, 5.41) is 0. The molecule has 3 aliphatic rings. The molecule has 2 nitrogen and oxygen atoms in total. The molecule has 0 bridgehead atoms. The third-order valence-corrected chi connectivity index (χ3v) is 9.41. The summed E-state index contributed by atoms with van der Waals surface area (Å²) in [4.78, 5) is 4.67. The Morgan fingerprint density at radius 3 is 1.95 bits per heavy atom. The van der Waals surface area contributed by atoms with Gasteiger partial charge in [-0.2, -0.15) is 0 Å². The van der Waals surface area contributed by atoms with Gasteiger partial charge in [-0.15, -0.1) is 6.58 Å². The molecule has 0 spiro atoms. The number of para-hydroxylation sites is 1. The van der Waals surface area contributed by atoms with Crippen molar-refractivity contribution in [1.29, 1.82) is 0 Å². The van der Waals surface area contributed by atoms with Crippen molar-refractivity contribution < 1.29 is 0 Å². The van der Waals surface area contributed by atoms with Gasteiger partial charge in [-0.05, 0) is 103 Å². The van der Waals surface area contributed by atoms with Crippen LogP contribution < -0.4 is 9.80 Å². The van der Waals surface area contributed by atoms with Crippen molar-refractivity contribution in [2.75, 3.05) is 9.80 Å². The van der Waals surface area contributed by atoms with Crippen LogP contribution in [-0.2, 0) is 0 Å². The summed E-state index contributed by atoms with van der Waals surface area (Å²) in [5.41, 5.74) is 12.6. The molecule has 0 N–H and O–H groups in total. The third-order valence-electron chi connectivity index (χ3n) is 9.41. The molecule has 2 aliphatic heterocycles. The fourth-order valence-corrected chi connectivity index (χ4v) is 6.39. The average Bonchev–Trinajstić information content (AvgIpc) is 3.32. The fourth-order valence-electron chi connectivity index (χ4n) is 6.39. The minimum atomic E-state index is 0.177. The second-order valence-electron chi connectivity index (χ2n) is 13.4. The van der Waals surface area contributed by atoms with Gasteiger partial charge >= 0.3 is 0 Å². The van der Waals surface area contributed by atoms with Gasteiger partial charge in [-0.25, -0.2) is 0 Å². The number of hydrogen-bond donors (Lipinski definition) is 0. The number of benzene rings is 4. The molecule has 1 atom stereocenters. The number of allylic oxidation sites excluding steroid dienone is 16. The summed E-state index contributed by atoms with van der Waals surface area (Å²) in [7, 11) is 0. The van der Waals surface area contributed by atoms with Crippen molar-refractivity contribution in [3.63, 3.8) is 0 Å². The minimum absolute atomic E-state index is 0.177. The quantitative estimate of drug-likeness (QED) is 0.136. The predicted octanol–water partition coefficient (Wildman–Crippen LogP) is 16.7. The number of fused-ring (bicyclic) bond motifs is 1. The van der Waals surface area contributed by atoms with E-state index in [2.05, 4.69) is 196 Å². The fraction of sp³-hybridized carbons (Fsp3) is 0.193. The number of nitrogens with zero attached hydrogens (tertiary/aromatic N) is 2. The lowest BCUT2D eigenvalue weighted by atomic mass is 9.84. The van der Waals surface area contributed by atoms with Crippen LogP contribution in [0.3, 0.4) is 0 Å². The van der Waals surface area contributed by atoms with E-state index in [0.29, 0.717) is 0 Å². The van der Waals surface area contributed by atoms with Gasteiger partial charge < -0.3 is 9.80 Å². The third kappa shape index (κ3) is 13.9. The minimum Gasteiger partial charge on any atom is -0.334 e. The predicted molar refractivity (Wildman–Crippen MR) is 264 cm³/mol. The highest BCUT2D eigenvalue weighted by molar-refractivity contribution is 6.07. The van der Waals surface area contributed by atoms with E-state index >= 15 is 0 Å². The molecule has 304 valence electrons. The van der Waals surface area contributed by atoms with E-state index in [1.807, 2.05) is 76.3 Å². The van der Waals surface area contributed by atoms with E-state index < -0.39 is 0 Å². The molecule has 0 amide bonds. The van der Waals surface area contributed by atoms with Crippen LogP contribution in [0.2, 0.25) is 0 Å². The zero-order valence-corrected chi connectivity index (χ0v) is 36.7. The van der Waals surface area contributed by atoms with Crippen LogP contribution in [0, 0.1) is 6.92 Å². The van der Waals surface area contributed by atoms with Crippen molar-refractivity contribution >= 4 is 22.5 Å². The largest absolute Gasteiger partial charge is 0.334 e. The summed E-state index contributed by atoms with van der Waals surface area (Å²) in [6.07, 6.45) is 33.0. The first kappa shape index (κ1) is 47.0. The van der Waals surface area contributed by atoms with E-state index in [4.69, 9.17) is 0 Å². The number of anilines is 2. The van der Waals surface area contributed by atoms with Gasteiger partial charge in [0.05, 0.1) is 6.04 Å². The van der Waals surface area contributed by atoms with E-state index in [0.717, 1.165) is 58.4 Å². The highest BCUT2D eigenvalue weighted by Gasteiger charge is 2.35. The van der Waals surface area contributed by atoms with Crippen LogP contribution in [0.1, 0.15) is 89.1 Å². The molecule has 2 heteroatoms. The molecule has 0 saturated carbocycles. The smallest absolute Gasteiger partial charge is 0.0795 e. The van der Waals surface area contributed by atoms with Gasteiger partial charge in [0.2, 0.25) is 0 Å². The van der Waals surface area contributed by atoms with Gasteiger partial charge in [0.1, 0.15) is 0 Å². The average molecular weight is 779 g/mol. The molecule has 59 heavy (non-hydrogen) atoms. The first-order valence-corrected chi connectivity index (χ1v) is 21.2. The van der Waals surface area contributed by atoms with Crippen LogP contribution in [-0.4, -0.2) is 0 Å². The lowest BCUT2D eigenvalue weighted by Gasteiger charge is -2.45. The molecule has 0 aromatic heterocycles. The Hall–Kier alpha value is -6.38. The second kappa shape index (κ2) is 26.5. The Bertz CT molecular complexity index is 2150. The van der Waals surface area contributed by atoms with Gasteiger partial charge in [-0.1, -0.05) is 193 Å². The summed E-state index contributed by atoms with van der Waals surface area (Å²) in [6, 6.07) is 38.4. The van der Waals surface area contributed by atoms with Gasteiger partial charge in [-0.3, -0.25) is 0 Å². The van der Waals surface area contributed by atoms with E-state index in [1.165, 1.54) is 22.5 Å². The van der Waals surface area contributed by atoms with Crippen LogP contribution >= 0.6 is 0 Å². The Morgan fingerprint density at radius 1 is 0.729 bits per heavy atom. The maximum absolute atomic E-state index is 4.44. The lowest BCUT2D eigenvalue weighted by molar-refractivity contribution is 0.699. The van der Waals surface area contributed by atoms with Gasteiger partial charge in [0, 0.05) is 40.6 Å². The standard InChI is InChI=1S/C42H38N2.C7H8.C4H8.2C2H6/c1-4-5-9-25-41-39-30-35(26-27-42(39)44(41)37-23-14-8-15-24-37)38-29-33(3)32(2)18-16-17-28-43(36-21-12-7-13-22-36)31-40(38)34-19-10-6-11-20-34;1-7-5-3-2-4-6-7;1-3-4-2;2*1-2/h4-14,16-23,25-31,41H,2-3,15,24H2,1H3;2-6H,1H3;3H,1,4H2,2H3;2*1-2H3/b5-4-,18-16-,25-9-,28-17-,38-29-,40-31-;;;;. The van der Waals surface area contributed by atoms with Gasteiger partial charge in [0.25, 0.3) is 0 Å². The van der Waals surface area contributed by atoms with Gasteiger partial charge in [0.15, 0.2) is 0 Å². The van der Waals surface area contributed by atoms with Crippen molar-refractivity contribution in [2.24, 2.45) is 0 Å². The molecule has 0 saturated heterocycles. The van der Waals surface area contributed by atoms with Crippen LogP contribution in [0.15, 0.2) is 231 Å². The summed E-state index contributed by atoms with van der Waals surface area (Å²) in [5.74, 6) is 0. The Balaban J connectivity index is 0.000000532. The molecule has 4 aromatic carbocycles. The van der Waals surface area contributed by atoms with Crippen molar-refractivity contribution in [2.45, 2.75) is 73.8 Å². The number of aryl methyl sites for hydroxylation is 1. The first-order chi connectivity index (χ1) is 28.9. The maximum Gasteiger partial charge on any atom is 0.0795 e. The first-order valence-electron chi connectivity index (χ1n) is 21.2. The van der Waals surface area contributed by atoms with Crippen molar-refractivity contribution in [3.05, 3.63) is 253 Å². The zero-order chi connectivity index (χ0) is 42.8. The molecule has 2 heterocycles. The van der Waals surface area contributed by atoms with E-state index in [9.17, 15) is 0 Å². The lowest BCUT2D eigenvalue weighted by Crippen LogP contribution is -2.36. The molecule has 7 rings (SSSR count). The zero-order valence-electron chi connectivity index (χ0n) is 36.7. The molecular formula is C57H66N2. The summed E-state index contributed by atoms with van der Waals surface area (Å²) < 4.78 is 0. The summed E-state index contributed by atoms with van der Waals surface area (Å²) in [6.45, 7) is 26.4. The highest BCUT2D eigenvalue weighted by Crippen LogP contribution is 2.49. The number of hydrogen-bond acceptors (Lipinski definition) is 2. The molecule has 1 aliphatic carbocycles. The van der Waals surface area contributed by atoms with Crippen molar-refractivity contribution in [1.82, 2.24) is 0 Å². The Kier molecular flexibility index (Phi) is 21.1. The monoisotopic (exact) mass is 779 g/mol. The van der Waals surface area contributed by atoms with Crippen LogP contribution in [0.25, 0.3) is 11.1 Å². The molecular weight excluding hydrogens is 713 g/mol. The molecule has 0 fully saturated rings. The SMILES string of the molecule is C=C1/C=C\C=C/N(c2ccccc2)/C=C(c2ccccc2)\C(c2ccc3c(c2)C(/C=C\C=C/C)N3C2=CC=CCC2)=C/C1=C.C=CCC.CC.CC.Cc1ccccc1. The highest BCUT2D eigenvalue weighted by atomic mass is 15.2. The Morgan fingerprint density at radius 2 is 1.37 bits per heavy atom. The maximum atomic E-state index is 4.44. The second-order valence-corrected chi connectivity index (χ2v) is 13.4. The van der Waals surface area contributed by atoms with Crippen molar-refractivity contribution in [3.8, 4) is 0 Å². The number of rotatable bonds is 7.